The van der Waals surface area contributed by atoms with Crippen LogP contribution in [-0.4, -0.2) is 13.7 Å². The van der Waals surface area contributed by atoms with Crippen molar-refractivity contribution in [1.29, 1.82) is 0 Å². The van der Waals surface area contributed by atoms with Crippen molar-refractivity contribution in [3.8, 4) is 5.75 Å². The van der Waals surface area contributed by atoms with Crippen molar-refractivity contribution >= 4 is 0 Å². The minimum absolute atomic E-state index is 0.851. The molecule has 0 radical (unpaired) electrons. The Morgan fingerprint density at radius 3 is 2.79 bits per heavy atom. The van der Waals surface area contributed by atoms with E-state index in [1.807, 2.05) is 0 Å². The highest BCUT2D eigenvalue weighted by molar-refractivity contribution is 5.36. The largest absolute Gasteiger partial charge is 0.496 e. The first-order valence-electron chi connectivity index (χ1n) is 7.55. The lowest BCUT2D eigenvalue weighted by molar-refractivity contribution is 0.247. The van der Waals surface area contributed by atoms with Crippen molar-refractivity contribution in [2.45, 2.75) is 46.1 Å². The summed E-state index contributed by atoms with van der Waals surface area (Å²) in [6.45, 7) is 6.58. The third-order valence-corrected chi connectivity index (χ3v) is 4.45. The number of nitrogens with one attached hydrogen (secondary N) is 1. The fourth-order valence-electron chi connectivity index (χ4n) is 3.13. The van der Waals surface area contributed by atoms with Crippen LogP contribution in [0.5, 0.6) is 5.75 Å². The predicted octanol–water partition coefficient (Wildman–Crippen LogP) is 3.92. The summed E-state index contributed by atoms with van der Waals surface area (Å²) < 4.78 is 5.42. The van der Waals surface area contributed by atoms with Crippen LogP contribution in [0, 0.1) is 18.8 Å². The molecule has 1 fully saturated rings. The van der Waals surface area contributed by atoms with Crippen LogP contribution in [0.25, 0.3) is 0 Å². The van der Waals surface area contributed by atoms with Gasteiger partial charge in [-0.1, -0.05) is 43.9 Å². The van der Waals surface area contributed by atoms with Gasteiger partial charge in [0.25, 0.3) is 0 Å². The molecule has 0 bridgehead atoms. The Morgan fingerprint density at radius 2 is 2.05 bits per heavy atom. The highest BCUT2D eigenvalue weighted by Crippen LogP contribution is 2.29. The van der Waals surface area contributed by atoms with Crippen LogP contribution in [0.15, 0.2) is 18.2 Å². The molecule has 1 aliphatic carbocycles. The van der Waals surface area contributed by atoms with Gasteiger partial charge in [0, 0.05) is 12.1 Å². The molecule has 0 spiro atoms. The fourth-order valence-corrected chi connectivity index (χ4v) is 3.13. The van der Waals surface area contributed by atoms with E-state index in [2.05, 4.69) is 37.4 Å². The minimum atomic E-state index is 0.851. The van der Waals surface area contributed by atoms with Gasteiger partial charge in [0.05, 0.1) is 7.11 Å². The van der Waals surface area contributed by atoms with E-state index >= 15 is 0 Å². The van der Waals surface area contributed by atoms with Crippen LogP contribution in [0.4, 0.5) is 0 Å². The van der Waals surface area contributed by atoms with Crippen molar-refractivity contribution < 1.29 is 4.74 Å². The zero-order chi connectivity index (χ0) is 13.7. The molecule has 1 aliphatic rings. The van der Waals surface area contributed by atoms with Crippen LogP contribution >= 0.6 is 0 Å². The SMILES string of the molecule is COc1ccc(C)cc1CNCC1CCCCC1C. The van der Waals surface area contributed by atoms with E-state index < -0.39 is 0 Å². The van der Waals surface area contributed by atoms with E-state index in [4.69, 9.17) is 4.74 Å². The van der Waals surface area contributed by atoms with Gasteiger partial charge in [-0.2, -0.15) is 0 Å². The van der Waals surface area contributed by atoms with E-state index in [1.165, 1.54) is 36.8 Å². The lowest BCUT2D eigenvalue weighted by Gasteiger charge is -2.29. The molecule has 0 saturated heterocycles. The molecule has 1 N–H and O–H groups in total. The molecule has 2 atom stereocenters. The van der Waals surface area contributed by atoms with Gasteiger partial charge in [-0.05, 0) is 37.8 Å². The summed E-state index contributed by atoms with van der Waals surface area (Å²) in [7, 11) is 1.75. The molecule has 2 heteroatoms. The summed E-state index contributed by atoms with van der Waals surface area (Å²) in [5.41, 5.74) is 2.56. The third-order valence-electron chi connectivity index (χ3n) is 4.45. The van der Waals surface area contributed by atoms with Crippen molar-refractivity contribution in [2.24, 2.45) is 11.8 Å². The van der Waals surface area contributed by atoms with E-state index in [-0.39, 0.29) is 0 Å². The molecular formula is C17H27NO. The second-order valence-corrected chi connectivity index (χ2v) is 5.97. The topological polar surface area (TPSA) is 21.3 Å². The lowest BCUT2D eigenvalue weighted by atomic mass is 9.80. The van der Waals surface area contributed by atoms with Crippen molar-refractivity contribution in [1.82, 2.24) is 5.32 Å². The number of ether oxygens (including phenoxy) is 1. The monoisotopic (exact) mass is 261 g/mol. The molecule has 0 aromatic heterocycles. The lowest BCUT2D eigenvalue weighted by Crippen LogP contribution is -2.29. The number of aryl methyl sites for hydroxylation is 1. The molecule has 0 aliphatic heterocycles. The first kappa shape index (κ1) is 14.4. The Kier molecular flexibility index (Phi) is 5.26. The fraction of sp³-hybridized carbons (Fsp3) is 0.647. The standard InChI is InChI=1S/C17H27NO/c1-13-8-9-17(19-3)16(10-13)12-18-11-15-7-5-4-6-14(15)2/h8-10,14-15,18H,4-7,11-12H2,1-3H3. The number of methoxy groups -OCH3 is 1. The molecular weight excluding hydrogens is 234 g/mol. The number of hydrogen-bond acceptors (Lipinski definition) is 2. The van der Waals surface area contributed by atoms with Gasteiger partial charge in [0.15, 0.2) is 0 Å². The predicted molar refractivity (Wildman–Crippen MR) is 80.6 cm³/mol. The van der Waals surface area contributed by atoms with Crippen LogP contribution in [0.1, 0.15) is 43.7 Å². The Bertz CT molecular complexity index is 402. The Hall–Kier alpha value is -1.02. The Morgan fingerprint density at radius 1 is 1.26 bits per heavy atom. The zero-order valence-electron chi connectivity index (χ0n) is 12.5. The van der Waals surface area contributed by atoms with Crippen LogP contribution < -0.4 is 10.1 Å². The number of benzene rings is 1. The maximum Gasteiger partial charge on any atom is 0.123 e. The first-order valence-corrected chi connectivity index (χ1v) is 7.55. The summed E-state index contributed by atoms with van der Waals surface area (Å²) in [6, 6.07) is 6.39. The second kappa shape index (κ2) is 6.95. The number of rotatable bonds is 5. The maximum absolute atomic E-state index is 5.42. The van der Waals surface area contributed by atoms with Gasteiger partial charge in [-0.25, -0.2) is 0 Å². The Labute approximate surface area is 117 Å². The minimum Gasteiger partial charge on any atom is -0.496 e. The van der Waals surface area contributed by atoms with Crippen LogP contribution in [-0.2, 0) is 6.54 Å². The van der Waals surface area contributed by atoms with E-state index in [1.54, 1.807) is 7.11 Å². The van der Waals surface area contributed by atoms with Crippen LogP contribution in [0.2, 0.25) is 0 Å². The molecule has 19 heavy (non-hydrogen) atoms. The highest BCUT2D eigenvalue weighted by Gasteiger charge is 2.20. The summed E-state index contributed by atoms with van der Waals surface area (Å²) in [5, 5.41) is 3.62. The smallest absolute Gasteiger partial charge is 0.123 e. The maximum atomic E-state index is 5.42. The van der Waals surface area contributed by atoms with Crippen molar-refractivity contribution in [3.05, 3.63) is 29.3 Å². The van der Waals surface area contributed by atoms with Gasteiger partial charge in [-0.3, -0.25) is 0 Å². The number of hydrogen-bond donors (Lipinski definition) is 1. The summed E-state index contributed by atoms with van der Waals surface area (Å²) in [5.74, 6) is 2.72. The van der Waals surface area contributed by atoms with E-state index in [9.17, 15) is 0 Å². The quantitative estimate of drug-likeness (QED) is 0.867. The van der Waals surface area contributed by atoms with Gasteiger partial charge in [0.1, 0.15) is 5.75 Å². The molecule has 1 aromatic rings. The van der Waals surface area contributed by atoms with Gasteiger partial charge in [0.2, 0.25) is 0 Å². The van der Waals surface area contributed by atoms with Crippen molar-refractivity contribution in [3.63, 3.8) is 0 Å². The molecule has 2 unspecified atom stereocenters. The Balaban J connectivity index is 1.86. The normalized spacial score (nSPS) is 23.3. The third kappa shape index (κ3) is 3.97. The second-order valence-electron chi connectivity index (χ2n) is 5.97. The summed E-state index contributed by atoms with van der Waals surface area (Å²) in [4.78, 5) is 0. The highest BCUT2D eigenvalue weighted by atomic mass is 16.5. The van der Waals surface area contributed by atoms with Gasteiger partial charge >= 0.3 is 0 Å². The molecule has 2 rings (SSSR count). The average Bonchev–Trinajstić information content (AvgIpc) is 2.41. The first-order chi connectivity index (χ1) is 9.20. The zero-order valence-corrected chi connectivity index (χ0v) is 12.5. The van der Waals surface area contributed by atoms with Gasteiger partial charge in [-0.15, -0.1) is 0 Å². The molecule has 1 saturated carbocycles. The van der Waals surface area contributed by atoms with Crippen LogP contribution in [0.3, 0.4) is 0 Å². The molecule has 106 valence electrons. The van der Waals surface area contributed by atoms with E-state index in [0.717, 1.165) is 30.7 Å². The molecule has 1 aromatic carbocycles. The average molecular weight is 261 g/mol. The molecule has 0 heterocycles. The summed E-state index contributed by atoms with van der Waals surface area (Å²) >= 11 is 0. The molecule has 2 nitrogen and oxygen atoms in total. The van der Waals surface area contributed by atoms with Gasteiger partial charge < -0.3 is 10.1 Å². The van der Waals surface area contributed by atoms with E-state index in [0.29, 0.717) is 0 Å². The summed E-state index contributed by atoms with van der Waals surface area (Å²) in [6.07, 6.45) is 5.62. The van der Waals surface area contributed by atoms with Crippen molar-refractivity contribution in [2.75, 3.05) is 13.7 Å². The molecule has 0 amide bonds.